The zero-order chi connectivity index (χ0) is 19.9. The molecule has 4 rings (SSSR count). The van der Waals surface area contributed by atoms with E-state index in [1.54, 1.807) is 6.92 Å². The number of carbonyl (C=O) groups excluding carboxylic acids is 3. The van der Waals surface area contributed by atoms with Crippen LogP contribution in [0.15, 0.2) is 36.4 Å². The second kappa shape index (κ2) is 7.05. The SMILES string of the molecule is CCOC(=O)CN1CC23C=CC(O2)C(C(=O)Nc2ccc(CC)cc2)C3C1=O. The van der Waals surface area contributed by atoms with Crippen molar-refractivity contribution in [2.75, 3.05) is 25.0 Å². The molecule has 1 aromatic carbocycles. The number of hydrogen-bond donors (Lipinski definition) is 1. The predicted octanol–water partition coefficient (Wildman–Crippen LogP) is 1.53. The van der Waals surface area contributed by atoms with Crippen LogP contribution in [0.5, 0.6) is 0 Å². The van der Waals surface area contributed by atoms with Gasteiger partial charge in [0.2, 0.25) is 11.8 Å². The lowest BCUT2D eigenvalue weighted by atomic mass is 9.77. The number of amides is 2. The summed E-state index contributed by atoms with van der Waals surface area (Å²) in [6, 6.07) is 7.66. The summed E-state index contributed by atoms with van der Waals surface area (Å²) in [6.07, 6.45) is 4.22. The molecule has 3 aliphatic rings. The van der Waals surface area contributed by atoms with Gasteiger partial charge in [-0.25, -0.2) is 0 Å². The van der Waals surface area contributed by atoms with Crippen LogP contribution in [0.1, 0.15) is 19.4 Å². The van der Waals surface area contributed by atoms with Crippen LogP contribution in [0.25, 0.3) is 0 Å². The third-order valence-corrected chi connectivity index (χ3v) is 5.74. The molecule has 148 valence electrons. The van der Waals surface area contributed by atoms with Gasteiger partial charge < -0.3 is 19.7 Å². The second-order valence-electron chi connectivity index (χ2n) is 7.44. The van der Waals surface area contributed by atoms with Gasteiger partial charge in [-0.15, -0.1) is 0 Å². The van der Waals surface area contributed by atoms with Gasteiger partial charge in [-0.05, 0) is 31.0 Å². The van der Waals surface area contributed by atoms with Gasteiger partial charge in [0.05, 0.1) is 31.1 Å². The van der Waals surface area contributed by atoms with E-state index in [1.807, 2.05) is 36.4 Å². The summed E-state index contributed by atoms with van der Waals surface area (Å²) >= 11 is 0. The third kappa shape index (κ3) is 2.99. The van der Waals surface area contributed by atoms with E-state index in [2.05, 4.69) is 12.2 Å². The minimum atomic E-state index is -0.831. The monoisotopic (exact) mass is 384 g/mol. The highest BCUT2D eigenvalue weighted by Gasteiger charge is 2.66. The first-order valence-corrected chi connectivity index (χ1v) is 9.69. The zero-order valence-corrected chi connectivity index (χ0v) is 16.0. The number of aryl methyl sites for hydroxylation is 1. The Kier molecular flexibility index (Phi) is 4.71. The van der Waals surface area contributed by atoms with Crippen LogP contribution >= 0.6 is 0 Å². The first kappa shape index (κ1) is 18.7. The molecule has 7 nitrogen and oxygen atoms in total. The van der Waals surface area contributed by atoms with Crippen LogP contribution in [-0.2, 0) is 30.3 Å². The van der Waals surface area contributed by atoms with E-state index in [0.29, 0.717) is 5.69 Å². The maximum Gasteiger partial charge on any atom is 0.325 e. The summed E-state index contributed by atoms with van der Waals surface area (Å²) in [7, 11) is 0. The van der Waals surface area contributed by atoms with Crippen molar-refractivity contribution in [1.29, 1.82) is 0 Å². The Bertz CT molecular complexity index is 834. The van der Waals surface area contributed by atoms with E-state index in [0.717, 1.165) is 6.42 Å². The average molecular weight is 384 g/mol. The maximum absolute atomic E-state index is 13.0. The fourth-order valence-electron chi connectivity index (χ4n) is 4.42. The molecular weight excluding hydrogens is 360 g/mol. The Balaban J connectivity index is 1.51. The fourth-order valence-corrected chi connectivity index (χ4v) is 4.42. The Labute approximate surface area is 163 Å². The summed E-state index contributed by atoms with van der Waals surface area (Å²) < 4.78 is 11.0. The summed E-state index contributed by atoms with van der Waals surface area (Å²) in [6.45, 7) is 4.18. The lowest BCUT2D eigenvalue weighted by Crippen LogP contribution is -2.41. The van der Waals surface area contributed by atoms with Gasteiger partial charge in [-0.3, -0.25) is 14.4 Å². The van der Waals surface area contributed by atoms with E-state index in [9.17, 15) is 14.4 Å². The molecule has 4 atom stereocenters. The molecule has 2 amide bonds. The van der Waals surface area contributed by atoms with Crippen LogP contribution in [-0.4, -0.2) is 54.1 Å². The van der Waals surface area contributed by atoms with Crippen molar-refractivity contribution in [1.82, 2.24) is 4.90 Å². The standard InChI is InChI=1S/C21H24N2O5/c1-3-13-5-7-14(8-6-13)22-19(25)17-15-9-10-21(28-15)12-23(20(26)18(17)21)11-16(24)27-4-2/h5-10,15,17-18H,3-4,11-12H2,1-2H3,(H,22,25). The quantitative estimate of drug-likeness (QED) is 0.594. The van der Waals surface area contributed by atoms with Gasteiger partial charge in [0.25, 0.3) is 0 Å². The van der Waals surface area contributed by atoms with Crippen molar-refractivity contribution in [3.63, 3.8) is 0 Å². The largest absolute Gasteiger partial charge is 0.465 e. The molecule has 2 saturated heterocycles. The number of fused-ring (bicyclic) bond motifs is 1. The number of rotatable bonds is 6. The summed E-state index contributed by atoms with van der Waals surface area (Å²) in [5.74, 6) is -2.16. The van der Waals surface area contributed by atoms with E-state index in [4.69, 9.17) is 9.47 Å². The third-order valence-electron chi connectivity index (χ3n) is 5.74. The number of benzene rings is 1. The van der Waals surface area contributed by atoms with E-state index >= 15 is 0 Å². The Morgan fingerprint density at radius 2 is 2.04 bits per heavy atom. The zero-order valence-electron chi connectivity index (χ0n) is 16.0. The number of nitrogens with one attached hydrogen (secondary N) is 1. The lowest BCUT2D eigenvalue weighted by molar-refractivity contribution is -0.148. The maximum atomic E-state index is 13.0. The first-order valence-electron chi connectivity index (χ1n) is 9.69. The molecule has 0 aromatic heterocycles. The molecule has 28 heavy (non-hydrogen) atoms. The molecular formula is C21H24N2O5. The molecule has 1 N–H and O–H groups in total. The smallest absolute Gasteiger partial charge is 0.325 e. The Hall–Kier alpha value is -2.67. The highest BCUT2D eigenvalue weighted by molar-refractivity contribution is 5.99. The average Bonchev–Trinajstić information content (AvgIpc) is 3.31. The molecule has 3 aliphatic heterocycles. The molecule has 2 bridgehead atoms. The fraction of sp³-hybridized carbons (Fsp3) is 0.476. The minimum absolute atomic E-state index is 0.125. The molecule has 0 radical (unpaired) electrons. The number of anilines is 1. The second-order valence-corrected chi connectivity index (χ2v) is 7.44. The van der Waals surface area contributed by atoms with Crippen LogP contribution in [0, 0.1) is 11.8 Å². The van der Waals surface area contributed by atoms with Crippen LogP contribution in [0.3, 0.4) is 0 Å². The molecule has 1 spiro atoms. The molecule has 2 fully saturated rings. The Morgan fingerprint density at radius 1 is 1.29 bits per heavy atom. The van der Waals surface area contributed by atoms with E-state index < -0.39 is 29.5 Å². The summed E-state index contributed by atoms with van der Waals surface area (Å²) in [5, 5.41) is 2.91. The molecule has 0 saturated carbocycles. The predicted molar refractivity (Wildman–Crippen MR) is 101 cm³/mol. The molecule has 1 aromatic rings. The number of nitrogens with zero attached hydrogens (tertiary/aromatic N) is 1. The van der Waals surface area contributed by atoms with E-state index in [1.165, 1.54) is 10.5 Å². The number of carbonyl (C=O) groups is 3. The molecule has 0 aliphatic carbocycles. The van der Waals surface area contributed by atoms with Crippen molar-refractivity contribution in [3.8, 4) is 0 Å². The van der Waals surface area contributed by atoms with Crippen molar-refractivity contribution < 1.29 is 23.9 Å². The van der Waals surface area contributed by atoms with Crippen molar-refractivity contribution in [2.24, 2.45) is 11.8 Å². The van der Waals surface area contributed by atoms with Gasteiger partial charge in [-0.1, -0.05) is 31.2 Å². The van der Waals surface area contributed by atoms with Gasteiger partial charge in [0, 0.05) is 5.69 Å². The summed E-state index contributed by atoms with van der Waals surface area (Å²) in [5.41, 5.74) is 1.04. The number of likely N-dealkylation sites (tertiary alicyclic amines) is 1. The molecule has 3 heterocycles. The van der Waals surface area contributed by atoms with Gasteiger partial charge in [0.15, 0.2) is 0 Å². The molecule has 4 unspecified atom stereocenters. The van der Waals surface area contributed by atoms with Crippen LogP contribution in [0.4, 0.5) is 5.69 Å². The normalized spacial score (nSPS) is 29.9. The van der Waals surface area contributed by atoms with Crippen LogP contribution in [0.2, 0.25) is 0 Å². The van der Waals surface area contributed by atoms with Crippen LogP contribution < -0.4 is 5.32 Å². The number of hydrogen-bond acceptors (Lipinski definition) is 5. The van der Waals surface area contributed by atoms with Gasteiger partial charge >= 0.3 is 5.97 Å². The van der Waals surface area contributed by atoms with Crippen molar-refractivity contribution in [2.45, 2.75) is 32.0 Å². The first-order chi connectivity index (χ1) is 13.5. The van der Waals surface area contributed by atoms with Crippen molar-refractivity contribution in [3.05, 3.63) is 42.0 Å². The number of esters is 1. The summed E-state index contributed by atoms with van der Waals surface area (Å²) in [4.78, 5) is 39.2. The highest BCUT2D eigenvalue weighted by Crippen LogP contribution is 2.52. The van der Waals surface area contributed by atoms with Crippen molar-refractivity contribution >= 4 is 23.5 Å². The van der Waals surface area contributed by atoms with Gasteiger partial charge in [-0.2, -0.15) is 0 Å². The minimum Gasteiger partial charge on any atom is -0.465 e. The number of ether oxygens (including phenoxy) is 2. The lowest BCUT2D eigenvalue weighted by Gasteiger charge is -2.23. The topological polar surface area (TPSA) is 84.9 Å². The Morgan fingerprint density at radius 3 is 2.71 bits per heavy atom. The molecule has 7 heteroatoms. The van der Waals surface area contributed by atoms with Gasteiger partial charge in [0.1, 0.15) is 12.1 Å². The highest BCUT2D eigenvalue weighted by atomic mass is 16.5. The van der Waals surface area contributed by atoms with E-state index in [-0.39, 0.29) is 31.5 Å².